The fraction of sp³-hybridized carbons (Fsp3) is 0.222. The number of nitrogens with one attached hydrogen (secondary N) is 2. The summed E-state index contributed by atoms with van der Waals surface area (Å²) in [5.41, 5.74) is 0.884. The van der Waals surface area contributed by atoms with E-state index in [1.165, 1.54) is 26.2 Å². The average Bonchev–Trinajstić information content (AvgIpc) is 2.63. The molecule has 0 unspecified atom stereocenters. The van der Waals surface area contributed by atoms with Crippen LogP contribution in [0.2, 0.25) is 0 Å². The number of benzene rings is 2. The number of amides is 1. The van der Waals surface area contributed by atoms with E-state index in [0.717, 1.165) is 8.78 Å². The van der Waals surface area contributed by atoms with Crippen LogP contribution < -0.4 is 15.4 Å². The lowest BCUT2D eigenvalue weighted by Crippen LogP contribution is -2.34. The number of halogens is 1. The van der Waals surface area contributed by atoms with Crippen LogP contribution in [0.5, 0.6) is 5.75 Å². The molecule has 0 atom stereocenters. The van der Waals surface area contributed by atoms with Crippen LogP contribution in [-0.2, 0) is 10.0 Å². The van der Waals surface area contributed by atoms with E-state index in [1.54, 1.807) is 30.3 Å². The van der Waals surface area contributed by atoms with Crippen molar-refractivity contribution in [3.8, 4) is 5.75 Å². The fourth-order valence-corrected chi connectivity index (χ4v) is 3.69. The highest BCUT2D eigenvalue weighted by atomic mass is 79.9. The molecule has 2 aromatic carbocycles. The van der Waals surface area contributed by atoms with Gasteiger partial charge in [0.1, 0.15) is 5.75 Å². The molecule has 0 bridgehead atoms. The zero-order valence-electron chi connectivity index (χ0n) is 15.5. The molecule has 10 heteroatoms. The van der Waals surface area contributed by atoms with Crippen molar-refractivity contribution >= 4 is 54.9 Å². The minimum absolute atomic E-state index is 0.0793. The summed E-state index contributed by atoms with van der Waals surface area (Å²) in [5.74, 6) is 0.0262. The van der Waals surface area contributed by atoms with Gasteiger partial charge in [-0.3, -0.25) is 10.1 Å². The third-order valence-electron chi connectivity index (χ3n) is 3.60. The molecule has 0 saturated carbocycles. The molecule has 2 N–H and O–H groups in total. The van der Waals surface area contributed by atoms with Crippen molar-refractivity contribution in [2.45, 2.75) is 11.8 Å². The van der Waals surface area contributed by atoms with Crippen LogP contribution in [-0.4, -0.2) is 44.4 Å². The number of carbonyl (C=O) groups excluding carboxylic acids is 1. The van der Waals surface area contributed by atoms with Gasteiger partial charge in [-0.15, -0.1) is 0 Å². The summed E-state index contributed by atoms with van der Waals surface area (Å²) >= 11 is 8.51. The van der Waals surface area contributed by atoms with E-state index in [-0.39, 0.29) is 10.0 Å². The van der Waals surface area contributed by atoms with Crippen LogP contribution >= 0.6 is 28.1 Å². The lowest BCUT2D eigenvalue weighted by molar-refractivity contribution is 0.0974. The van der Waals surface area contributed by atoms with Crippen LogP contribution in [0.25, 0.3) is 0 Å². The summed E-state index contributed by atoms with van der Waals surface area (Å²) in [6.45, 7) is 2.25. The maximum absolute atomic E-state index is 12.5. The molecule has 0 fully saturated rings. The summed E-state index contributed by atoms with van der Waals surface area (Å²) in [6, 6.07) is 11.2. The van der Waals surface area contributed by atoms with Gasteiger partial charge < -0.3 is 10.1 Å². The predicted octanol–water partition coefficient (Wildman–Crippen LogP) is 3.22. The van der Waals surface area contributed by atoms with Crippen LogP contribution in [0.3, 0.4) is 0 Å². The highest BCUT2D eigenvalue weighted by Gasteiger charge is 2.17. The summed E-state index contributed by atoms with van der Waals surface area (Å²) in [7, 11) is -0.581. The molecule has 0 aliphatic rings. The van der Waals surface area contributed by atoms with Gasteiger partial charge in [0.05, 0.1) is 17.1 Å². The van der Waals surface area contributed by atoms with Crippen molar-refractivity contribution in [3.05, 3.63) is 52.5 Å². The van der Waals surface area contributed by atoms with E-state index < -0.39 is 15.9 Å². The Balaban J connectivity index is 2.08. The Labute approximate surface area is 178 Å². The first-order valence-corrected chi connectivity index (χ1v) is 10.9. The van der Waals surface area contributed by atoms with Gasteiger partial charge in [-0.2, -0.15) is 0 Å². The standard InChI is InChI=1S/C18H20BrN3O4S2/c1-4-26-16-10-5-12(19)11-15(16)17(23)21-18(27)20-13-6-8-14(9-7-13)28(24,25)22(2)3/h5-11H,4H2,1-3H3,(H2,20,21,23,27). The van der Waals surface area contributed by atoms with Gasteiger partial charge in [-0.05, 0) is 61.6 Å². The number of carbonyl (C=O) groups is 1. The van der Waals surface area contributed by atoms with Crippen molar-refractivity contribution in [2.24, 2.45) is 0 Å². The maximum atomic E-state index is 12.5. The van der Waals surface area contributed by atoms with Crippen molar-refractivity contribution in [3.63, 3.8) is 0 Å². The summed E-state index contributed by atoms with van der Waals surface area (Å²) in [5, 5.41) is 5.52. The smallest absolute Gasteiger partial charge is 0.261 e. The highest BCUT2D eigenvalue weighted by Crippen LogP contribution is 2.23. The monoisotopic (exact) mass is 485 g/mol. The molecule has 0 aromatic heterocycles. The van der Waals surface area contributed by atoms with E-state index in [4.69, 9.17) is 17.0 Å². The molecule has 1 amide bonds. The second-order valence-electron chi connectivity index (χ2n) is 5.79. The largest absolute Gasteiger partial charge is 0.493 e. The SMILES string of the molecule is CCOc1ccc(Br)cc1C(=O)NC(=S)Nc1ccc(S(=O)(=O)N(C)C)cc1. The van der Waals surface area contributed by atoms with E-state index >= 15 is 0 Å². The quantitative estimate of drug-likeness (QED) is 0.610. The van der Waals surface area contributed by atoms with E-state index in [2.05, 4.69) is 26.6 Å². The highest BCUT2D eigenvalue weighted by molar-refractivity contribution is 9.10. The van der Waals surface area contributed by atoms with Gasteiger partial charge in [0.15, 0.2) is 5.11 Å². The van der Waals surface area contributed by atoms with Crippen molar-refractivity contribution in [1.82, 2.24) is 9.62 Å². The van der Waals surface area contributed by atoms with Crippen molar-refractivity contribution < 1.29 is 17.9 Å². The molecule has 0 aliphatic carbocycles. The Hall–Kier alpha value is -2.01. The molecule has 7 nitrogen and oxygen atoms in total. The number of sulfonamides is 1. The van der Waals surface area contributed by atoms with E-state index in [9.17, 15) is 13.2 Å². The van der Waals surface area contributed by atoms with Gasteiger partial charge in [0.2, 0.25) is 10.0 Å². The molecule has 2 aromatic rings. The second-order valence-corrected chi connectivity index (χ2v) is 9.27. The van der Waals surface area contributed by atoms with Crippen molar-refractivity contribution in [2.75, 3.05) is 26.0 Å². The zero-order chi connectivity index (χ0) is 20.9. The lowest BCUT2D eigenvalue weighted by Gasteiger charge is -2.14. The van der Waals surface area contributed by atoms with Crippen LogP contribution in [0.4, 0.5) is 5.69 Å². The Kier molecular flexibility index (Phi) is 7.53. The third-order valence-corrected chi connectivity index (χ3v) is 6.13. The number of rotatable bonds is 6. The molecule has 0 heterocycles. The first-order valence-electron chi connectivity index (χ1n) is 8.22. The summed E-state index contributed by atoms with van der Waals surface area (Å²) in [4.78, 5) is 12.7. The normalized spacial score (nSPS) is 11.2. The van der Waals surface area contributed by atoms with E-state index in [0.29, 0.717) is 23.6 Å². The fourth-order valence-electron chi connectivity index (χ4n) is 2.21. The third kappa shape index (κ3) is 5.51. The van der Waals surface area contributed by atoms with Crippen LogP contribution in [0, 0.1) is 0 Å². The van der Waals surface area contributed by atoms with Gasteiger partial charge in [-0.25, -0.2) is 12.7 Å². The molecule has 0 radical (unpaired) electrons. The van der Waals surface area contributed by atoms with Crippen LogP contribution in [0.15, 0.2) is 51.8 Å². The molecular weight excluding hydrogens is 466 g/mol. The average molecular weight is 486 g/mol. The Morgan fingerprint density at radius 1 is 1.18 bits per heavy atom. The molecular formula is C18H20BrN3O4S2. The maximum Gasteiger partial charge on any atom is 0.261 e. The first kappa shape index (κ1) is 22.3. The zero-order valence-corrected chi connectivity index (χ0v) is 18.7. The molecule has 0 spiro atoms. The Bertz CT molecular complexity index is 977. The minimum atomic E-state index is -3.51. The number of hydrogen-bond acceptors (Lipinski definition) is 5. The molecule has 150 valence electrons. The van der Waals surface area contributed by atoms with Gasteiger partial charge in [-0.1, -0.05) is 15.9 Å². The van der Waals surface area contributed by atoms with Gasteiger partial charge >= 0.3 is 0 Å². The molecule has 0 saturated heterocycles. The lowest BCUT2D eigenvalue weighted by atomic mass is 10.2. The minimum Gasteiger partial charge on any atom is -0.493 e. The Morgan fingerprint density at radius 3 is 2.39 bits per heavy atom. The topological polar surface area (TPSA) is 87.7 Å². The second kappa shape index (κ2) is 9.46. The number of ether oxygens (including phenoxy) is 1. The number of hydrogen-bond donors (Lipinski definition) is 2. The summed E-state index contributed by atoms with van der Waals surface area (Å²) < 4.78 is 31.5. The van der Waals surface area contributed by atoms with Gasteiger partial charge in [0.25, 0.3) is 5.91 Å². The van der Waals surface area contributed by atoms with Crippen LogP contribution in [0.1, 0.15) is 17.3 Å². The van der Waals surface area contributed by atoms with Gasteiger partial charge in [0, 0.05) is 24.3 Å². The number of thiocarbonyl (C=S) groups is 1. The number of anilines is 1. The predicted molar refractivity (Wildman–Crippen MR) is 116 cm³/mol. The van der Waals surface area contributed by atoms with Crippen molar-refractivity contribution in [1.29, 1.82) is 0 Å². The number of nitrogens with zero attached hydrogens (tertiary/aromatic N) is 1. The molecule has 0 aliphatic heterocycles. The molecule has 2 rings (SSSR count). The summed E-state index contributed by atoms with van der Waals surface area (Å²) in [6.07, 6.45) is 0. The molecule has 28 heavy (non-hydrogen) atoms. The Morgan fingerprint density at radius 2 is 1.82 bits per heavy atom. The first-order chi connectivity index (χ1) is 13.1. The van der Waals surface area contributed by atoms with E-state index in [1.807, 2.05) is 6.92 Å².